The number of aliphatic hydroxyl groups is 1. The van der Waals surface area contributed by atoms with Crippen LogP contribution in [0.1, 0.15) is 25.7 Å². The maximum Gasteiger partial charge on any atom is 0.224 e. The lowest BCUT2D eigenvalue weighted by Gasteiger charge is -2.29. The minimum Gasteiger partial charge on any atom is -0.391 e. The van der Waals surface area contributed by atoms with Crippen LogP contribution in [0, 0.1) is 0 Å². The lowest BCUT2D eigenvalue weighted by Crippen LogP contribution is -2.36. The molecule has 1 saturated carbocycles. The van der Waals surface area contributed by atoms with E-state index in [1.165, 1.54) is 0 Å². The zero-order chi connectivity index (χ0) is 15.4. The minimum absolute atomic E-state index is 0.0239. The van der Waals surface area contributed by atoms with Crippen molar-refractivity contribution in [1.82, 2.24) is 15.0 Å². The quantitative estimate of drug-likeness (QED) is 0.803. The molecule has 0 amide bonds. The molecular weight excluding hydrogens is 278 g/mol. The number of anilines is 2. The van der Waals surface area contributed by atoms with Crippen LogP contribution in [0.25, 0.3) is 11.3 Å². The zero-order valence-corrected chi connectivity index (χ0v) is 12.7. The van der Waals surface area contributed by atoms with E-state index in [1.54, 1.807) is 19.4 Å². The number of pyridine rings is 1. The number of hydrogen-bond acceptors (Lipinski definition) is 6. The minimum atomic E-state index is -0.335. The van der Waals surface area contributed by atoms with Crippen LogP contribution in [0.3, 0.4) is 0 Å². The highest BCUT2D eigenvalue weighted by Gasteiger charge is 2.24. The Morgan fingerprint density at radius 2 is 2.05 bits per heavy atom. The van der Waals surface area contributed by atoms with Gasteiger partial charge < -0.3 is 15.7 Å². The molecule has 0 radical (unpaired) electrons. The molecule has 6 heteroatoms. The van der Waals surface area contributed by atoms with Crippen molar-refractivity contribution in [1.29, 1.82) is 0 Å². The van der Waals surface area contributed by atoms with E-state index in [9.17, 15) is 5.11 Å². The van der Waals surface area contributed by atoms with Gasteiger partial charge in [-0.3, -0.25) is 4.98 Å². The van der Waals surface area contributed by atoms with Gasteiger partial charge >= 0.3 is 0 Å². The number of aromatic nitrogens is 3. The average Bonchev–Trinajstić information content (AvgIpc) is 2.57. The van der Waals surface area contributed by atoms with Crippen LogP contribution in [0.4, 0.5) is 11.8 Å². The Morgan fingerprint density at radius 3 is 2.77 bits per heavy atom. The predicted molar refractivity (Wildman–Crippen MR) is 86.7 cm³/mol. The molecule has 3 N–H and O–H groups in total. The number of nitrogens with zero attached hydrogens (tertiary/aromatic N) is 3. The van der Waals surface area contributed by atoms with E-state index in [0.717, 1.165) is 36.9 Å². The highest BCUT2D eigenvalue weighted by molar-refractivity contribution is 5.72. The first kappa shape index (κ1) is 14.7. The van der Waals surface area contributed by atoms with E-state index in [2.05, 4.69) is 25.6 Å². The molecule has 0 aromatic carbocycles. The summed E-state index contributed by atoms with van der Waals surface area (Å²) in [5.41, 5.74) is 1.66. The van der Waals surface area contributed by atoms with Gasteiger partial charge in [0.1, 0.15) is 5.82 Å². The van der Waals surface area contributed by atoms with Gasteiger partial charge in [-0.1, -0.05) is 18.9 Å². The summed E-state index contributed by atoms with van der Waals surface area (Å²) in [6.45, 7) is 0. The normalized spacial score (nSPS) is 21.4. The molecule has 1 aliphatic rings. The van der Waals surface area contributed by atoms with Crippen LogP contribution >= 0.6 is 0 Å². The van der Waals surface area contributed by atoms with Crippen molar-refractivity contribution in [2.45, 2.75) is 37.8 Å². The standard InChI is InChI=1S/C16H21N5O/c1-17-16-19-10-11(12-6-4-5-9-18-12)15(21-16)20-13-7-2-3-8-14(13)22/h4-6,9-10,13-14,22H,2-3,7-8H2,1H3,(H2,17,19,20,21). The van der Waals surface area contributed by atoms with E-state index >= 15 is 0 Å². The van der Waals surface area contributed by atoms with E-state index < -0.39 is 0 Å². The summed E-state index contributed by atoms with van der Waals surface area (Å²) in [4.78, 5) is 13.2. The Balaban J connectivity index is 1.93. The van der Waals surface area contributed by atoms with Crippen molar-refractivity contribution in [3.05, 3.63) is 30.6 Å². The van der Waals surface area contributed by atoms with Gasteiger partial charge in [0.25, 0.3) is 0 Å². The molecular formula is C16H21N5O. The fourth-order valence-corrected chi connectivity index (χ4v) is 2.78. The number of aliphatic hydroxyl groups excluding tert-OH is 1. The average molecular weight is 299 g/mol. The van der Waals surface area contributed by atoms with E-state index in [1.807, 2.05) is 18.2 Å². The van der Waals surface area contributed by atoms with Crippen LogP contribution in [0.2, 0.25) is 0 Å². The summed E-state index contributed by atoms with van der Waals surface area (Å²) < 4.78 is 0. The molecule has 1 aliphatic carbocycles. The summed E-state index contributed by atoms with van der Waals surface area (Å²) in [6, 6.07) is 5.77. The van der Waals surface area contributed by atoms with Crippen LogP contribution in [-0.2, 0) is 0 Å². The third-order valence-electron chi connectivity index (χ3n) is 4.00. The Labute approximate surface area is 130 Å². The van der Waals surface area contributed by atoms with Crippen LogP contribution in [0.5, 0.6) is 0 Å². The first-order chi connectivity index (χ1) is 10.8. The molecule has 6 nitrogen and oxygen atoms in total. The van der Waals surface area contributed by atoms with Crippen molar-refractivity contribution in [2.24, 2.45) is 0 Å². The van der Waals surface area contributed by atoms with Gasteiger partial charge in [0.2, 0.25) is 5.95 Å². The van der Waals surface area contributed by atoms with E-state index in [0.29, 0.717) is 11.8 Å². The molecule has 22 heavy (non-hydrogen) atoms. The highest BCUT2D eigenvalue weighted by atomic mass is 16.3. The highest BCUT2D eigenvalue weighted by Crippen LogP contribution is 2.28. The molecule has 2 atom stereocenters. The Kier molecular flexibility index (Phi) is 4.48. The molecule has 1 fully saturated rings. The summed E-state index contributed by atoms with van der Waals surface area (Å²) >= 11 is 0. The second kappa shape index (κ2) is 6.70. The maximum absolute atomic E-state index is 10.2. The third-order valence-corrected chi connectivity index (χ3v) is 4.00. The molecule has 2 aromatic rings. The molecule has 3 rings (SSSR count). The van der Waals surface area contributed by atoms with Gasteiger partial charge in [0, 0.05) is 19.4 Å². The Morgan fingerprint density at radius 1 is 1.18 bits per heavy atom. The summed E-state index contributed by atoms with van der Waals surface area (Å²) in [6.07, 6.45) is 7.16. The van der Waals surface area contributed by atoms with Gasteiger partial charge in [-0.05, 0) is 25.0 Å². The fourth-order valence-electron chi connectivity index (χ4n) is 2.78. The summed E-state index contributed by atoms with van der Waals surface area (Å²) in [5, 5.41) is 16.5. The van der Waals surface area contributed by atoms with Gasteiger partial charge in [0.15, 0.2) is 0 Å². The van der Waals surface area contributed by atoms with Crippen LogP contribution in [-0.4, -0.2) is 39.3 Å². The molecule has 2 unspecified atom stereocenters. The first-order valence-corrected chi connectivity index (χ1v) is 7.68. The monoisotopic (exact) mass is 299 g/mol. The third kappa shape index (κ3) is 3.17. The zero-order valence-electron chi connectivity index (χ0n) is 12.7. The summed E-state index contributed by atoms with van der Waals surface area (Å²) in [5.74, 6) is 1.26. The molecule has 116 valence electrons. The molecule has 0 saturated heterocycles. The molecule has 0 spiro atoms. The molecule has 0 bridgehead atoms. The Hall–Kier alpha value is -2.21. The van der Waals surface area contributed by atoms with Crippen molar-refractivity contribution in [2.75, 3.05) is 17.7 Å². The predicted octanol–water partition coefficient (Wildman–Crippen LogP) is 2.30. The number of rotatable bonds is 4. The second-order valence-electron chi connectivity index (χ2n) is 5.52. The van der Waals surface area contributed by atoms with Crippen LogP contribution < -0.4 is 10.6 Å². The van der Waals surface area contributed by atoms with Crippen LogP contribution in [0.15, 0.2) is 30.6 Å². The summed E-state index contributed by atoms with van der Waals surface area (Å²) in [7, 11) is 1.79. The largest absolute Gasteiger partial charge is 0.391 e. The van der Waals surface area contributed by atoms with Gasteiger partial charge in [-0.2, -0.15) is 4.98 Å². The van der Waals surface area contributed by atoms with E-state index in [4.69, 9.17) is 0 Å². The number of nitrogens with one attached hydrogen (secondary N) is 2. The van der Waals surface area contributed by atoms with Gasteiger partial charge in [-0.15, -0.1) is 0 Å². The van der Waals surface area contributed by atoms with Crippen molar-refractivity contribution < 1.29 is 5.11 Å². The first-order valence-electron chi connectivity index (χ1n) is 7.68. The lowest BCUT2D eigenvalue weighted by molar-refractivity contribution is 0.116. The molecule has 2 aromatic heterocycles. The topological polar surface area (TPSA) is 83.0 Å². The van der Waals surface area contributed by atoms with Gasteiger partial charge in [-0.25, -0.2) is 4.98 Å². The van der Waals surface area contributed by atoms with E-state index in [-0.39, 0.29) is 12.1 Å². The number of hydrogen-bond donors (Lipinski definition) is 3. The van der Waals surface area contributed by atoms with Crippen molar-refractivity contribution in [3.8, 4) is 11.3 Å². The smallest absolute Gasteiger partial charge is 0.224 e. The van der Waals surface area contributed by atoms with Gasteiger partial charge in [0.05, 0.1) is 23.4 Å². The van der Waals surface area contributed by atoms with Crippen molar-refractivity contribution in [3.63, 3.8) is 0 Å². The molecule has 2 heterocycles. The lowest BCUT2D eigenvalue weighted by atomic mass is 9.92. The maximum atomic E-state index is 10.2. The SMILES string of the molecule is CNc1ncc(-c2ccccn2)c(NC2CCCCC2O)n1. The Bertz CT molecular complexity index is 619. The molecule has 0 aliphatic heterocycles. The second-order valence-corrected chi connectivity index (χ2v) is 5.52. The van der Waals surface area contributed by atoms with Crippen molar-refractivity contribution >= 4 is 11.8 Å². The fraction of sp³-hybridized carbons (Fsp3) is 0.438.